The normalized spacial score (nSPS) is 24.6. The van der Waals surface area contributed by atoms with Crippen LogP contribution in [-0.2, 0) is 6.42 Å². The number of likely N-dealkylation sites (N-methyl/N-ethyl adjacent to an activating group) is 1. The number of methoxy groups -OCH3 is 2. The van der Waals surface area contributed by atoms with E-state index in [0.717, 1.165) is 30.4 Å². The third kappa shape index (κ3) is 2.19. The Hall–Kier alpha value is -0.930. The van der Waals surface area contributed by atoms with Gasteiger partial charge in [-0.2, -0.15) is 0 Å². The van der Waals surface area contributed by atoms with Crippen molar-refractivity contribution in [1.82, 2.24) is 4.90 Å². The number of benzene rings is 1. The number of hydrogen-bond donors (Lipinski definition) is 0. The molecule has 1 aromatic carbocycles. The number of hydrogen-bond acceptors (Lipinski definition) is 3. The van der Waals surface area contributed by atoms with Gasteiger partial charge in [0.05, 0.1) is 14.2 Å². The van der Waals surface area contributed by atoms with E-state index in [9.17, 15) is 0 Å². The number of nitrogens with zero attached hydrogens (tertiary/aromatic N) is 1. The van der Waals surface area contributed by atoms with Crippen LogP contribution in [0.5, 0.6) is 11.5 Å². The highest BCUT2D eigenvalue weighted by molar-refractivity contribution is 5.85. The lowest BCUT2D eigenvalue weighted by Crippen LogP contribution is -2.21. The molecular formula is C15H22ClNO2. The van der Waals surface area contributed by atoms with E-state index in [4.69, 9.17) is 9.47 Å². The topological polar surface area (TPSA) is 21.7 Å². The van der Waals surface area contributed by atoms with Gasteiger partial charge in [-0.05, 0) is 30.5 Å². The zero-order chi connectivity index (χ0) is 12.7. The molecule has 2 aliphatic rings. The molecule has 106 valence electrons. The van der Waals surface area contributed by atoms with Crippen LogP contribution in [0.1, 0.15) is 24.0 Å². The van der Waals surface area contributed by atoms with Crippen LogP contribution in [0.15, 0.2) is 12.1 Å². The van der Waals surface area contributed by atoms with Gasteiger partial charge >= 0.3 is 0 Å². The molecule has 4 heteroatoms. The van der Waals surface area contributed by atoms with E-state index in [1.807, 2.05) is 0 Å². The van der Waals surface area contributed by atoms with Crippen molar-refractivity contribution in [2.45, 2.75) is 19.3 Å². The van der Waals surface area contributed by atoms with Crippen LogP contribution in [-0.4, -0.2) is 38.8 Å². The zero-order valence-electron chi connectivity index (χ0n) is 11.8. The Labute approximate surface area is 121 Å². The van der Waals surface area contributed by atoms with Crippen LogP contribution < -0.4 is 9.47 Å². The Bertz CT molecular complexity index is 464. The van der Waals surface area contributed by atoms with E-state index in [0.29, 0.717) is 5.92 Å². The minimum atomic E-state index is 0. The molecule has 0 bridgehead atoms. The summed E-state index contributed by atoms with van der Waals surface area (Å²) < 4.78 is 10.9. The third-order valence-electron chi connectivity index (χ3n) is 4.51. The maximum Gasteiger partial charge on any atom is 0.164 e. The third-order valence-corrected chi connectivity index (χ3v) is 4.51. The van der Waals surface area contributed by atoms with Gasteiger partial charge in [0.15, 0.2) is 11.5 Å². The molecule has 19 heavy (non-hydrogen) atoms. The highest BCUT2D eigenvalue weighted by Gasteiger charge is 2.41. The first kappa shape index (κ1) is 14.5. The van der Waals surface area contributed by atoms with Crippen LogP contribution in [0, 0.1) is 5.92 Å². The summed E-state index contributed by atoms with van der Waals surface area (Å²) in [6.07, 6.45) is 1.14. The summed E-state index contributed by atoms with van der Waals surface area (Å²) in [6, 6.07) is 4.29. The average molecular weight is 284 g/mol. The molecule has 3 rings (SSSR count). The van der Waals surface area contributed by atoms with Crippen molar-refractivity contribution in [3.05, 3.63) is 23.3 Å². The maximum atomic E-state index is 5.56. The van der Waals surface area contributed by atoms with Crippen LogP contribution in [0.4, 0.5) is 0 Å². The second-order valence-corrected chi connectivity index (χ2v) is 5.29. The van der Waals surface area contributed by atoms with Gasteiger partial charge in [-0.3, -0.25) is 0 Å². The predicted octanol–water partition coefficient (Wildman–Crippen LogP) is 2.72. The van der Waals surface area contributed by atoms with Crippen molar-refractivity contribution < 1.29 is 9.47 Å². The van der Waals surface area contributed by atoms with Crippen molar-refractivity contribution in [1.29, 1.82) is 0 Å². The summed E-state index contributed by atoms with van der Waals surface area (Å²) in [5, 5.41) is 0. The first-order chi connectivity index (χ1) is 8.78. The molecular weight excluding hydrogens is 262 g/mol. The highest BCUT2D eigenvalue weighted by atomic mass is 35.5. The monoisotopic (exact) mass is 283 g/mol. The number of fused-ring (bicyclic) bond motifs is 3. The molecule has 0 aromatic heterocycles. The highest BCUT2D eigenvalue weighted by Crippen LogP contribution is 2.48. The fourth-order valence-corrected chi connectivity index (χ4v) is 3.60. The van der Waals surface area contributed by atoms with E-state index in [2.05, 4.69) is 24.0 Å². The fourth-order valence-electron chi connectivity index (χ4n) is 3.60. The molecule has 0 amide bonds. The van der Waals surface area contributed by atoms with E-state index >= 15 is 0 Å². The fraction of sp³-hybridized carbons (Fsp3) is 0.600. The van der Waals surface area contributed by atoms with E-state index in [-0.39, 0.29) is 12.4 Å². The summed E-state index contributed by atoms with van der Waals surface area (Å²) in [5.41, 5.74) is 2.86. The van der Waals surface area contributed by atoms with Gasteiger partial charge in [-0.15, -0.1) is 12.4 Å². The first-order valence-corrected chi connectivity index (χ1v) is 6.74. The lowest BCUT2D eigenvalue weighted by Gasteiger charge is -2.17. The van der Waals surface area contributed by atoms with Crippen LogP contribution in [0.3, 0.4) is 0 Å². The average Bonchev–Trinajstić information content (AvgIpc) is 2.94. The molecule has 1 heterocycles. The number of rotatable bonds is 3. The largest absolute Gasteiger partial charge is 0.493 e. The minimum Gasteiger partial charge on any atom is -0.493 e. The van der Waals surface area contributed by atoms with Gasteiger partial charge in [0.1, 0.15) is 0 Å². The van der Waals surface area contributed by atoms with Gasteiger partial charge in [0.2, 0.25) is 0 Å². The van der Waals surface area contributed by atoms with Gasteiger partial charge in [-0.1, -0.05) is 13.0 Å². The molecule has 0 radical (unpaired) electrons. The standard InChI is InChI=1S/C15H21NO2.ClH/c1-4-16-8-10-7-12-11(13(10)9-16)5-6-14(17-2)15(12)18-3;/h5-6,10,13H,4,7-9H2,1-3H3;1H. The molecule has 1 saturated heterocycles. The van der Waals surface area contributed by atoms with Crippen molar-refractivity contribution in [3.63, 3.8) is 0 Å². The van der Waals surface area contributed by atoms with Crippen LogP contribution in [0.25, 0.3) is 0 Å². The Morgan fingerprint density at radius 3 is 2.63 bits per heavy atom. The Morgan fingerprint density at radius 2 is 2.00 bits per heavy atom. The summed E-state index contributed by atoms with van der Waals surface area (Å²) in [7, 11) is 3.45. The summed E-state index contributed by atoms with van der Waals surface area (Å²) in [5.74, 6) is 3.27. The molecule has 2 unspecified atom stereocenters. The van der Waals surface area contributed by atoms with E-state index < -0.39 is 0 Å². The van der Waals surface area contributed by atoms with E-state index in [1.54, 1.807) is 14.2 Å². The molecule has 1 aliphatic heterocycles. The van der Waals surface area contributed by atoms with Crippen molar-refractivity contribution in [2.75, 3.05) is 33.9 Å². The number of likely N-dealkylation sites (tertiary alicyclic amines) is 1. The molecule has 1 aromatic rings. The SMILES string of the molecule is CCN1CC2Cc3c(ccc(OC)c3OC)C2C1.Cl. The summed E-state index contributed by atoms with van der Waals surface area (Å²) in [6.45, 7) is 5.83. The second-order valence-electron chi connectivity index (χ2n) is 5.29. The number of ether oxygens (including phenoxy) is 2. The molecule has 2 atom stereocenters. The Kier molecular flexibility index (Phi) is 4.26. The minimum absolute atomic E-state index is 0. The van der Waals surface area contributed by atoms with Crippen LogP contribution in [0.2, 0.25) is 0 Å². The van der Waals surface area contributed by atoms with Gasteiger partial charge in [0, 0.05) is 24.6 Å². The Balaban J connectivity index is 0.00000133. The second kappa shape index (κ2) is 5.59. The quantitative estimate of drug-likeness (QED) is 0.851. The molecule has 0 N–H and O–H groups in total. The lowest BCUT2D eigenvalue weighted by atomic mass is 9.96. The van der Waals surface area contributed by atoms with Crippen molar-refractivity contribution in [2.24, 2.45) is 5.92 Å². The van der Waals surface area contributed by atoms with Crippen molar-refractivity contribution in [3.8, 4) is 11.5 Å². The van der Waals surface area contributed by atoms with Crippen LogP contribution >= 0.6 is 12.4 Å². The van der Waals surface area contributed by atoms with Gasteiger partial charge in [-0.25, -0.2) is 0 Å². The molecule has 0 saturated carbocycles. The Morgan fingerprint density at radius 1 is 1.21 bits per heavy atom. The first-order valence-electron chi connectivity index (χ1n) is 6.74. The smallest absolute Gasteiger partial charge is 0.164 e. The van der Waals surface area contributed by atoms with E-state index in [1.165, 1.54) is 24.2 Å². The summed E-state index contributed by atoms with van der Waals surface area (Å²) >= 11 is 0. The summed E-state index contributed by atoms with van der Waals surface area (Å²) in [4.78, 5) is 2.55. The number of halogens is 1. The molecule has 1 fully saturated rings. The maximum absolute atomic E-state index is 5.56. The molecule has 1 aliphatic carbocycles. The molecule has 3 nitrogen and oxygen atoms in total. The lowest BCUT2D eigenvalue weighted by molar-refractivity contribution is 0.334. The van der Waals surface area contributed by atoms with Crippen molar-refractivity contribution >= 4 is 12.4 Å². The zero-order valence-corrected chi connectivity index (χ0v) is 12.6. The van der Waals surface area contributed by atoms with Gasteiger partial charge in [0.25, 0.3) is 0 Å². The van der Waals surface area contributed by atoms with Gasteiger partial charge < -0.3 is 14.4 Å². The molecule has 0 spiro atoms. The predicted molar refractivity (Wildman–Crippen MR) is 78.8 cm³/mol.